The molecule has 0 saturated heterocycles. The minimum absolute atomic E-state index is 0.225. The Morgan fingerprint density at radius 1 is 1.16 bits per heavy atom. The summed E-state index contributed by atoms with van der Waals surface area (Å²) in [6.45, 7) is 2.86. The van der Waals surface area contributed by atoms with Gasteiger partial charge in [-0.15, -0.1) is 0 Å². The molecular weight excluding hydrogens is 404 g/mol. The van der Waals surface area contributed by atoms with Crippen LogP contribution in [0.25, 0.3) is 11.3 Å². The molecule has 7 nitrogen and oxygen atoms in total. The number of benzene rings is 1. The highest BCUT2D eigenvalue weighted by atomic mass is 16.7. The topological polar surface area (TPSA) is 90.1 Å². The molecule has 0 unspecified atom stereocenters. The van der Waals surface area contributed by atoms with Gasteiger partial charge in [0.2, 0.25) is 0 Å². The number of carboxylic acid groups (broad SMARTS) is 1. The lowest BCUT2D eigenvalue weighted by molar-refractivity contribution is 0.144. The highest BCUT2D eigenvalue weighted by Crippen LogP contribution is 2.31. The van der Waals surface area contributed by atoms with E-state index < -0.39 is 6.16 Å². The van der Waals surface area contributed by atoms with Crippen LogP contribution in [0.15, 0.2) is 42.6 Å². The fraction of sp³-hybridized carbons (Fsp3) is 0.440. The molecule has 7 heteroatoms. The molecule has 32 heavy (non-hydrogen) atoms. The lowest BCUT2D eigenvalue weighted by Gasteiger charge is -2.18. The number of aromatic nitrogens is 4. The molecule has 0 atom stereocenters. The van der Waals surface area contributed by atoms with Gasteiger partial charge in [-0.1, -0.05) is 56.9 Å². The van der Waals surface area contributed by atoms with Crippen LogP contribution in [0.4, 0.5) is 4.79 Å². The van der Waals surface area contributed by atoms with E-state index in [9.17, 15) is 4.79 Å². The Morgan fingerprint density at radius 2 is 1.94 bits per heavy atom. The molecule has 0 bridgehead atoms. The predicted octanol–water partition coefficient (Wildman–Crippen LogP) is 5.84. The van der Waals surface area contributed by atoms with E-state index >= 15 is 0 Å². The largest absolute Gasteiger partial charge is 0.511 e. The van der Waals surface area contributed by atoms with Crippen molar-refractivity contribution in [2.24, 2.45) is 0 Å². The van der Waals surface area contributed by atoms with Gasteiger partial charge in [-0.05, 0) is 37.0 Å². The normalized spacial score (nSPS) is 14.4. The van der Waals surface area contributed by atoms with Crippen LogP contribution in [-0.2, 0) is 13.0 Å². The van der Waals surface area contributed by atoms with Crippen molar-refractivity contribution in [3.8, 4) is 17.0 Å². The molecule has 0 amide bonds. The van der Waals surface area contributed by atoms with Gasteiger partial charge in [-0.2, -0.15) is 5.10 Å². The van der Waals surface area contributed by atoms with Crippen LogP contribution < -0.4 is 4.74 Å². The van der Waals surface area contributed by atoms with Crippen LogP contribution in [0.3, 0.4) is 0 Å². The van der Waals surface area contributed by atoms with E-state index in [4.69, 9.17) is 19.9 Å². The average Bonchev–Trinajstić information content (AvgIpc) is 3.21. The molecule has 0 radical (unpaired) electrons. The van der Waals surface area contributed by atoms with Gasteiger partial charge in [0.15, 0.2) is 11.6 Å². The second-order valence-corrected chi connectivity index (χ2v) is 8.40. The monoisotopic (exact) mass is 434 g/mol. The Balaban J connectivity index is 1.54. The third-order valence-electron chi connectivity index (χ3n) is 6.02. The minimum atomic E-state index is -1.35. The Labute approximate surface area is 188 Å². The molecular formula is C25H30N4O3. The van der Waals surface area contributed by atoms with Crippen LogP contribution in [0, 0.1) is 0 Å². The van der Waals surface area contributed by atoms with Gasteiger partial charge >= 0.3 is 6.16 Å². The molecule has 1 fully saturated rings. The van der Waals surface area contributed by atoms with Gasteiger partial charge in [0, 0.05) is 24.1 Å². The zero-order chi connectivity index (χ0) is 22.3. The van der Waals surface area contributed by atoms with Crippen molar-refractivity contribution in [3.05, 3.63) is 59.8 Å². The first kappa shape index (κ1) is 22.0. The van der Waals surface area contributed by atoms with Gasteiger partial charge in [0.1, 0.15) is 11.5 Å². The van der Waals surface area contributed by atoms with Crippen molar-refractivity contribution < 1.29 is 14.6 Å². The molecule has 1 saturated carbocycles. The number of aryl methyl sites for hydroxylation is 1. The van der Waals surface area contributed by atoms with Crippen molar-refractivity contribution >= 4 is 6.16 Å². The molecule has 2 heterocycles. The highest BCUT2D eigenvalue weighted by Gasteiger charge is 2.21. The number of carbonyl (C=O) groups is 1. The quantitative estimate of drug-likeness (QED) is 0.448. The minimum Gasteiger partial charge on any atom is -0.449 e. The molecule has 4 rings (SSSR count). The molecule has 1 aliphatic carbocycles. The van der Waals surface area contributed by atoms with E-state index in [1.54, 1.807) is 18.3 Å². The molecule has 1 N–H and O–H groups in total. The number of rotatable bonds is 8. The second-order valence-electron chi connectivity index (χ2n) is 8.40. The van der Waals surface area contributed by atoms with Gasteiger partial charge in [0.25, 0.3) is 0 Å². The summed E-state index contributed by atoms with van der Waals surface area (Å²) in [5.41, 5.74) is 2.42. The molecule has 0 aliphatic heterocycles. The van der Waals surface area contributed by atoms with Gasteiger partial charge < -0.3 is 9.84 Å². The molecule has 0 spiro atoms. The standard InChI is InChI=1S/C25H30N4O3/c1-2-3-11-22-27-24(20-8-5-4-6-9-20)28-29(22)17-18-12-14-19(15-13-18)23-21(32-25(30)31)10-7-16-26-23/h7,10,12-16,20H,2-6,8-9,11,17H2,1H3,(H,30,31). The fourth-order valence-corrected chi connectivity index (χ4v) is 4.30. The summed E-state index contributed by atoms with van der Waals surface area (Å²) in [6, 6.07) is 11.2. The zero-order valence-electron chi connectivity index (χ0n) is 18.5. The second kappa shape index (κ2) is 10.4. The first-order valence-corrected chi connectivity index (χ1v) is 11.5. The van der Waals surface area contributed by atoms with E-state index in [0.29, 0.717) is 18.2 Å². The van der Waals surface area contributed by atoms with Crippen LogP contribution >= 0.6 is 0 Å². The Kier molecular flexibility index (Phi) is 7.14. The molecule has 3 aromatic rings. The zero-order valence-corrected chi connectivity index (χ0v) is 18.5. The maximum absolute atomic E-state index is 11.0. The number of hydrogen-bond acceptors (Lipinski definition) is 5. The van der Waals surface area contributed by atoms with Crippen molar-refractivity contribution in [1.82, 2.24) is 19.7 Å². The number of pyridine rings is 1. The number of nitrogens with zero attached hydrogens (tertiary/aromatic N) is 4. The van der Waals surface area contributed by atoms with E-state index in [1.807, 2.05) is 24.3 Å². The maximum Gasteiger partial charge on any atom is 0.511 e. The van der Waals surface area contributed by atoms with Gasteiger partial charge in [-0.3, -0.25) is 4.98 Å². The number of ether oxygens (including phenoxy) is 1. The van der Waals surface area contributed by atoms with Crippen LogP contribution in [0.2, 0.25) is 0 Å². The summed E-state index contributed by atoms with van der Waals surface area (Å²) in [7, 11) is 0. The fourth-order valence-electron chi connectivity index (χ4n) is 4.30. The van der Waals surface area contributed by atoms with Crippen LogP contribution in [-0.4, -0.2) is 31.0 Å². The maximum atomic E-state index is 11.0. The summed E-state index contributed by atoms with van der Waals surface area (Å²) in [4.78, 5) is 20.2. The predicted molar refractivity (Wildman–Crippen MR) is 122 cm³/mol. The lowest BCUT2D eigenvalue weighted by atomic mass is 9.89. The van der Waals surface area contributed by atoms with Crippen molar-refractivity contribution in [1.29, 1.82) is 0 Å². The van der Waals surface area contributed by atoms with Gasteiger partial charge in [0.05, 0.1) is 6.54 Å². The third-order valence-corrected chi connectivity index (χ3v) is 6.02. The lowest BCUT2D eigenvalue weighted by Crippen LogP contribution is -2.09. The van der Waals surface area contributed by atoms with E-state index in [-0.39, 0.29) is 5.75 Å². The number of hydrogen-bond donors (Lipinski definition) is 1. The van der Waals surface area contributed by atoms with E-state index in [2.05, 4.69) is 16.6 Å². The number of unbranched alkanes of at least 4 members (excludes halogenated alkanes) is 1. The highest BCUT2D eigenvalue weighted by molar-refractivity contribution is 5.71. The summed E-state index contributed by atoms with van der Waals surface area (Å²) in [6.07, 6.45) is 9.69. The SMILES string of the molecule is CCCCc1nc(C2CCCCC2)nn1Cc1ccc(-c2ncccc2OC(=O)O)cc1. The van der Waals surface area contributed by atoms with Gasteiger partial charge in [-0.25, -0.2) is 14.5 Å². The Hall–Kier alpha value is -3.22. The van der Waals surface area contributed by atoms with E-state index in [0.717, 1.165) is 42.0 Å². The molecule has 1 aliphatic rings. The van der Waals surface area contributed by atoms with E-state index in [1.165, 1.54) is 32.1 Å². The molecule has 1 aromatic carbocycles. The summed E-state index contributed by atoms with van der Waals surface area (Å²) >= 11 is 0. The first-order chi connectivity index (χ1) is 15.6. The summed E-state index contributed by atoms with van der Waals surface area (Å²) < 4.78 is 6.93. The van der Waals surface area contributed by atoms with Crippen molar-refractivity contribution in [2.45, 2.75) is 70.8 Å². The molecule has 168 valence electrons. The smallest absolute Gasteiger partial charge is 0.449 e. The van der Waals surface area contributed by atoms with Crippen LogP contribution in [0.1, 0.15) is 75.0 Å². The third kappa shape index (κ3) is 5.33. The Bertz CT molecular complexity index is 1040. The summed E-state index contributed by atoms with van der Waals surface area (Å²) in [5.74, 6) is 2.79. The van der Waals surface area contributed by atoms with Crippen molar-refractivity contribution in [3.63, 3.8) is 0 Å². The first-order valence-electron chi connectivity index (χ1n) is 11.5. The Morgan fingerprint density at radius 3 is 2.66 bits per heavy atom. The van der Waals surface area contributed by atoms with Crippen molar-refractivity contribution in [2.75, 3.05) is 0 Å². The van der Waals surface area contributed by atoms with Crippen LogP contribution in [0.5, 0.6) is 5.75 Å². The average molecular weight is 435 g/mol. The molecule has 2 aromatic heterocycles. The summed E-state index contributed by atoms with van der Waals surface area (Å²) in [5, 5.41) is 13.9.